The minimum Gasteiger partial charge on any atom is -0.370 e. The molecular weight excluding hydrogens is 357 g/mol. The number of halogens is 1. The van der Waals surface area contributed by atoms with Gasteiger partial charge in [-0.1, -0.05) is 20.8 Å². The SMILES string of the molecule is CC(C)CSCCN=C(N)N1CCCC(C)C1.I. The van der Waals surface area contributed by atoms with Crippen molar-refractivity contribution >= 4 is 41.7 Å². The molecule has 1 saturated heterocycles. The van der Waals surface area contributed by atoms with Crippen LogP contribution in [-0.2, 0) is 0 Å². The molecule has 1 unspecified atom stereocenters. The van der Waals surface area contributed by atoms with E-state index in [4.69, 9.17) is 5.73 Å². The van der Waals surface area contributed by atoms with Crippen molar-refractivity contribution in [1.82, 2.24) is 4.90 Å². The second-order valence-corrected chi connectivity index (χ2v) is 6.55. The molecule has 1 aliphatic heterocycles. The molecule has 5 heteroatoms. The molecule has 1 atom stereocenters. The van der Waals surface area contributed by atoms with Crippen LogP contribution in [0, 0.1) is 11.8 Å². The van der Waals surface area contributed by atoms with E-state index in [9.17, 15) is 0 Å². The lowest BCUT2D eigenvalue weighted by Gasteiger charge is -2.31. The predicted molar refractivity (Wildman–Crippen MR) is 94.0 cm³/mol. The van der Waals surface area contributed by atoms with Crippen molar-refractivity contribution in [2.75, 3.05) is 31.1 Å². The van der Waals surface area contributed by atoms with Crippen LogP contribution in [0.25, 0.3) is 0 Å². The average Bonchev–Trinajstić information content (AvgIpc) is 2.28. The van der Waals surface area contributed by atoms with Crippen molar-refractivity contribution in [2.45, 2.75) is 33.6 Å². The van der Waals surface area contributed by atoms with Gasteiger partial charge in [-0.3, -0.25) is 4.99 Å². The van der Waals surface area contributed by atoms with E-state index in [1.54, 1.807) is 0 Å². The van der Waals surface area contributed by atoms with Crippen LogP contribution in [0.5, 0.6) is 0 Å². The third kappa shape index (κ3) is 7.71. The highest BCUT2D eigenvalue weighted by Gasteiger charge is 2.17. The molecule has 108 valence electrons. The zero-order valence-corrected chi connectivity index (χ0v) is 15.0. The Bertz CT molecular complexity index is 246. The van der Waals surface area contributed by atoms with E-state index in [0.717, 1.165) is 43.2 Å². The maximum absolute atomic E-state index is 6.02. The highest BCUT2D eigenvalue weighted by molar-refractivity contribution is 14.0. The van der Waals surface area contributed by atoms with Crippen LogP contribution >= 0.6 is 35.7 Å². The lowest BCUT2D eigenvalue weighted by atomic mass is 10.0. The van der Waals surface area contributed by atoms with Gasteiger partial charge in [0.2, 0.25) is 0 Å². The van der Waals surface area contributed by atoms with Crippen molar-refractivity contribution in [3.8, 4) is 0 Å². The molecule has 0 aromatic heterocycles. The van der Waals surface area contributed by atoms with Crippen LogP contribution in [0.4, 0.5) is 0 Å². The van der Waals surface area contributed by atoms with Crippen molar-refractivity contribution in [3.05, 3.63) is 0 Å². The molecule has 1 heterocycles. The van der Waals surface area contributed by atoms with E-state index in [1.807, 2.05) is 11.8 Å². The van der Waals surface area contributed by atoms with E-state index in [-0.39, 0.29) is 24.0 Å². The first-order valence-corrected chi connectivity index (χ1v) is 7.87. The minimum absolute atomic E-state index is 0. The molecule has 1 rings (SSSR count). The first-order chi connectivity index (χ1) is 8.09. The highest BCUT2D eigenvalue weighted by Crippen LogP contribution is 2.15. The fraction of sp³-hybridized carbons (Fsp3) is 0.923. The Morgan fingerprint density at radius 2 is 2.22 bits per heavy atom. The lowest BCUT2D eigenvalue weighted by molar-refractivity contribution is 0.270. The molecule has 1 aliphatic rings. The van der Waals surface area contributed by atoms with Gasteiger partial charge in [0, 0.05) is 18.8 Å². The predicted octanol–water partition coefficient (Wildman–Crippen LogP) is 3.04. The quantitative estimate of drug-likeness (QED) is 0.342. The Morgan fingerprint density at radius 3 is 2.83 bits per heavy atom. The topological polar surface area (TPSA) is 41.6 Å². The van der Waals surface area contributed by atoms with Crippen LogP contribution in [0.1, 0.15) is 33.6 Å². The highest BCUT2D eigenvalue weighted by atomic mass is 127. The molecule has 0 radical (unpaired) electrons. The Hall–Kier alpha value is 0.350. The maximum atomic E-state index is 6.02. The van der Waals surface area contributed by atoms with Gasteiger partial charge in [0.05, 0.1) is 6.54 Å². The number of guanidine groups is 1. The summed E-state index contributed by atoms with van der Waals surface area (Å²) < 4.78 is 0. The van der Waals surface area contributed by atoms with Gasteiger partial charge in [-0.15, -0.1) is 24.0 Å². The molecule has 3 nitrogen and oxygen atoms in total. The monoisotopic (exact) mass is 385 g/mol. The number of nitrogens with two attached hydrogens (primary N) is 1. The fourth-order valence-electron chi connectivity index (χ4n) is 2.04. The zero-order chi connectivity index (χ0) is 12.7. The Morgan fingerprint density at radius 1 is 1.50 bits per heavy atom. The number of hydrogen-bond acceptors (Lipinski definition) is 2. The van der Waals surface area contributed by atoms with E-state index < -0.39 is 0 Å². The van der Waals surface area contributed by atoms with Gasteiger partial charge in [0.15, 0.2) is 5.96 Å². The second kappa shape index (κ2) is 10.2. The molecule has 0 saturated carbocycles. The Kier molecular flexibility index (Phi) is 10.4. The fourth-order valence-corrected chi connectivity index (χ4v) is 2.90. The molecule has 0 amide bonds. The van der Waals surface area contributed by atoms with Crippen LogP contribution in [-0.4, -0.2) is 42.0 Å². The average molecular weight is 385 g/mol. The molecule has 0 bridgehead atoms. The molecule has 18 heavy (non-hydrogen) atoms. The summed E-state index contributed by atoms with van der Waals surface area (Å²) in [5, 5.41) is 0. The first kappa shape index (κ1) is 18.4. The van der Waals surface area contributed by atoms with E-state index in [2.05, 4.69) is 30.7 Å². The summed E-state index contributed by atoms with van der Waals surface area (Å²) in [5.41, 5.74) is 6.02. The molecule has 0 aliphatic carbocycles. The van der Waals surface area contributed by atoms with Crippen LogP contribution in [0.2, 0.25) is 0 Å². The van der Waals surface area contributed by atoms with Gasteiger partial charge in [0.25, 0.3) is 0 Å². The second-order valence-electron chi connectivity index (χ2n) is 5.40. The van der Waals surface area contributed by atoms with Gasteiger partial charge in [0.1, 0.15) is 0 Å². The minimum atomic E-state index is 0. The number of likely N-dealkylation sites (tertiary alicyclic amines) is 1. The number of piperidine rings is 1. The third-order valence-electron chi connectivity index (χ3n) is 2.94. The van der Waals surface area contributed by atoms with Gasteiger partial charge >= 0.3 is 0 Å². The van der Waals surface area contributed by atoms with Gasteiger partial charge in [-0.25, -0.2) is 0 Å². The summed E-state index contributed by atoms with van der Waals surface area (Å²) in [7, 11) is 0. The largest absolute Gasteiger partial charge is 0.370 e. The van der Waals surface area contributed by atoms with Crippen molar-refractivity contribution in [2.24, 2.45) is 22.6 Å². The van der Waals surface area contributed by atoms with Crippen molar-refractivity contribution < 1.29 is 0 Å². The van der Waals surface area contributed by atoms with Gasteiger partial charge < -0.3 is 10.6 Å². The van der Waals surface area contributed by atoms with E-state index in [1.165, 1.54) is 18.6 Å². The smallest absolute Gasteiger partial charge is 0.191 e. The number of nitrogens with zero attached hydrogens (tertiary/aromatic N) is 2. The molecule has 0 aromatic carbocycles. The zero-order valence-electron chi connectivity index (χ0n) is 11.9. The standard InChI is InChI=1S/C13H27N3S.HI/c1-11(2)10-17-8-6-15-13(14)16-7-4-5-12(3)9-16;/h11-12H,4-10H2,1-3H3,(H2,14,15);1H. The molecule has 0 spiro atoms. The van der Waals surface area contributed by atoms with Crippen molar-refractivity contribution in [3.63, 3.8) is 0 Å². The maximum Gasteiger partial charge on any atom is 0.191 e. The molecule has 2 N–H and O–H groups in total. The van der Waals surface area contributed by atoms with Crippen LogP contribution in [0.15, 0.2) is 4.99 Å². The van der Waals surface area contributed by atoms with Crippen LogP contribution in [0.3, 0.4) is 0 Å². The van der Waals surface area contributed by atoms with E-state index in [0.29, 0.717) is 0 Å². The number of thioether (sulfide) groups is 1. The first-order valence-electron chi connectivity index (χ1n) is 6.72. The number of hydrogen-bond donors (Lipinski definition) is 1. The summed E-state index contributed by atoms with van der Waals surface area (Å²) in [6.45, 7) is 9.80. The summed E-state index contributed by atoms with van der Waals surface area (Å²) in [6.07, 6.45) is 2.58. The van der Waals surface area contributed by atoms with Gasteiger partial charge in [-0.05, 0) is 30.4 Å². The summed E-state index contributed by atoms with van der Waals surface area (Å²) in [4.78, 5) is 6.72. The molecule has 1 fully saturated rings. The Balaban J connectivity index is 0.00000289. The van der Waals surface area contributed by atoms with E-state index >= 15 is 0 Å². The summed E-state index contributed by atoms with van der Waals surface area (Å²) in [5.74, 6) is 4.58. The molecular formula is C13H28IN3S. The van der Waals surface area contributed by atoms with Crippen molar-refractivity contribution in [1.29, 1.82) is 0 Å². The van der Waals surface area contributed by atoms with Gasteiger partial charge in [-0.2, -0.15) is 11.8 Å². The Labute approximate surface area is 133 Å². The lowest BCUT2D eigenvalue weighted by Crippen LogP contribution is -2.43. The summed E-state index contributed by atoms with van der Waals surface area (Å²) >= 11 is 1.97. The normalized spacial score (nSPS) is 21.0. The number of rotatable bonds is 5. The third-order valence-corrected chi connectivity index (χ3v) is 4.32. The number of aliphatic imine (C=N–C) groups is 1. The molecule has 0 aromatic rings. The summed E-state index contributed by atoms with van der Waals surface area (Å²) in [6, 6.07) is 0. The van der Waals surface area contributed by atoms with Crippen LogP contribution < -0.4 is 5.73 Å².